The monoisotopic (exact) mass is 323 g/mol. The molecule has 1 aromatic heterocycles. The third-order valence-electron chi connectivity index (χ3n) is 3.93. The highest BCUT2D eigenvalue weighted by Gasteiger charge is 2.31. The molecule has 0 spiro atoms. The summed E-state index contributed by atoms with van der Waals surface area (Å²) in [5, 5.41) is 4.50. The summed E-state index contributed by atoms with van der Waals surface area (Å²) in [6, 6.07) is 1.91. The highest BCUT2D eigenvalue weighted by Crippen LogP contribution is 2.20. The van der Waals surface area contributed by atoms with Crippen LogP contribution < -0.4 is 5.32 Å². The Morgan fingerprint density at radius 1 is 1.23 bits per heavy atom. The lowest BCUT2D eigenvalue weighted by molar-refractivity contribution is -0.130. The number of nitrogens with one attached hydrogen (secondary N) is 1. The van der Waals surface area contributed by atoms with E-state index in [1.165, 1.54) is 18.3 Å². The molecule has 1 N–H and O–H groups in total. The lowest BCUT2D eigenvalue weighted by atomic mass is 10.1. The van der Waals surface area contributed by atoms with Gasteiger partial charge in [-0.1, -0.05) is 0 Å². The van der Waals surface area contributed by atoms with Crippen molar-refractivity contribution in [2.75, 3.05) is 33.2 Å². The van der Waals surface area contributed by atoms with Gasteiger partial charge in [-0.25, -0.2) is 0 Å². The molecular formula is C15H21N3O3S. The SMILES string of the molecule is CNC(=O)C1CN(C(C)=O)CCN(C(=O)c2sccc2C)C1. The van der Waals surface area contributed by atoms with Gasteiger partial charge in [-0.05, 0) is 23.9 Å². The smallest absolute Gasteiger partial charge is 0.264 e. The maximum atomic E-state index is 12.7. The van der Waals surface area contributed by atoms with E-state index in [0.29, 0.717) is 31.1 Å². The number of carbonyl (C=O) groups is 3. The number of amides is 3. The molecule has 1 unspecified atom stereocenters. The molecule has 6 nitrogen and oxygen atoms in total. The predicted octanol–water partition coefficient (Wildman–Crippen LogP) is 0.723. The van der Waals surface area contributed by atoms with Crippen LogP contribution in [0.3, 0.4) is 0 Å². The number of rotatable bonds is 2. The van der Waals surface area contributed by atoms with E-state index in [1.54, 1.807) is 16.8 Å². The molecule has 2 heterocycles. The van der Waals surface area contributed by atoms with E-state index in [9.17, 15) is 14.4 Å². The number of hydrogen-bond donors (Lipinski definition) is 1. The molecule has 2 rings (SSSR count). The van der Waals surface area contributed by atoms with Crippen molar-refractivity contribution in [1.82, 2.24) is 15.1 Å². The summed E-state index contributed by atoms with van der Waals surface area (Å²) in [4.78, 5) is 40.4. The van der Waals surface area contributed by atoms with Crippen LogP contribution in [0, 0.1) is 12.8 Å². The first-order valence-corrected chi connectivity index (χ1v) is 8.12. The summed E-state index contributed by atoms with van der Waals surface area (Å²) in [6.07, 6.45) is 0. The van der Waals surface area contributed by atoms with Crippen molar-refractivity contribution >= 4 is 29.1 Å². The first-order chi connectivity index (χ1) is 10.4. The van der Waals surface area contributed by atoms with Gasteiger partial charge in [-0.2, -0.15) is 0 Å². The molecule has 1 aromatic rings. The lowest BCUT2D eigenvalue weighted by Gasteiger charge is -2.23. The van der Waals surface area contributed by atoms with Crippen molar-refractivity contribution in [2.45, 2.75) is 13.8 Å². The molecule has 0 aromatic carbocycles. The Kier molecular flexibility index (Phi) is 5.18. The van der Waals surface area contributed by atoms with Gasteiger partial charge in [-0.3, -0.25) is 14.4 Å². The Labute approximate surface area is 134 Å². The number of hydrogen-bond acceptors (Lipinski definition) is 4. The first-order valence-electron chi connectivity index (χ1n) is 7.24. The minimum Gasteiger partial charge on any atom is -0.359 e. The first kappa shape index (κ1) is 16.5. The summed E-state index contributed by atoms with van der Waals surface area (Å²) in [5.74, 6) is -0.684. The standard InChI is InChI=1S/C15H21N3O3S/c1-10-4-7-22-13(10)15(21)18-6-5-17(11(2)19)8-12(9-18)14(20)16-3/h4,7,12H,5-6,8-9H2,1-3H3,(H,16,20). The van der Waals surface area contributed by atoms with Gasteiger partial charge in [0.25, 0.3) is 5.91 Å². The quantitative estimate of drug-likeness (QED) is 0.872. The van der Waals surface area contributed by atoms with Gasteiger partial charge in [0.2, 0.25) is 11.8 Å². The van der Waals surface area contributed by atoms with Crippen LogP contribution in [0.15, 0.2) is 11.4 Å². The Morgan fingerprint density at radius 3 is 2.41 bits per heavy atom. The van der Waals surface area contributed by atoms with E-state index >= 15 is 0 Å². The van der Waals surface area contributed by atoms with Crippen LogP contribution >= 0.6 is 11.3 Å². The van der Waals surface area contributed by atoms with Gasteiger partial charge in [0.1, 0.15) is 0 Å². The molecule has 7 heteroatoms. The Bertz CT molecular complexity index is 584. The number of nitrogens with zero attached hydrogens (tertiary/aromatic N) is 2. The summed E-state index contributed by atoms with van der Waals surface area (Å²) in [5.41, 5.74) is 0.944. The molecule has 1 fully saturated rings. The van der Waals surface area contributed by atoms with Crippen molar-refractivity contribution in [3.05, 3.63) is 21.9 Å². The molecule has 1 atom stereocenters. The third-order valence-corrected chi connectivity index (χ3v) is 4.93. The fourth-order valence-corrected chi connectivity index (χ4v) is 3.48. The van der Waals surface area contributed by atoms with Gasteiger partial charge >= 0.3 is 0 Å². The van der Waals surface area contributed by atoms with Crippen LogP contribution in [0.25, 0.3) is 0 Å². The maximum Gasteiger partial charge on any atom is 0.264 e. The second-order valence-corrected chi connectivity index (χ2v) is 6.38. The molecule has 0 aliphatic carbocycles. The van der Waals surface area contributed by atoms with Gasteiger partial charge in [0.05, 0.1) is 10.8 Å². The van der Waals surface area contributed by atoms with E-state index in [1.807, 2.05) is 18.4 Å². The van der Waals surface area contributed by atoms with E-state index < -0.39 is 5.92 Å². The summed E-state index contributed by atoms with van der Waals surface area (Å²) < 4.78 is 0. The molecule has 1 aliphatic rings. The van der Waals surface area contributed by atoms with Crippen molar-refractivity contribution in [1.29, 1.82) is 0 Å². The maximum absolute atomic E-state index is 12.7. The molecule has 3 amide bonds. The minimum absolute atomic E-state index is 0.0631. The van der Waals surface area contributed by atoms with E-state index in [2.05, 4.69) is 5.32 Å². The number of thiophene rings is 1. The Morgan fingerprint density at radius 2 is 1.86 bits per heavy atom. The molecular weight excluding hydrogens is 302 g/mol. The second kappa shape index (κ2) is 6.91. The van der Waals surface area contributed by atoms with Crippen LogP contribution in [-0.4, -0.2) is 60.7 Å². The highest BCUT2D eigenvalue weighted by molar-refractivity contribution is 7.12. The zero-order chi connectivity index (χ0) is 16.3. The molecule has 1 aliphatic heterocycles. The zero-order valence-electron chi connectivity index (χ0n) is 13.1. The van der Waals surface area contributed by atoms with Crippen LogP contribution in [0.4, 0.5) is 0 Å². The van der Waals surface area contributed by atoms with Crippen molar-refractivity contribution in [3.63, 3.8) is 0 Å². The third kappa shape index (κ3) is 3.47. The lowest BCUT2D eigenvalue weighted by Crippen LogP contribution is -2.42. The largest absolute Gasteiger partial charge is 0.359 e. The van der Waals surface area contributed by atoms with E-state index in [-0.39, 0.29) is 17.7 Å². The molecule has 22 heavy (non-hydrogen) atoms. The molecule has 120 valence electrons. The molecule has 0 bridgehead atoms. The van der Waals surface area contributed by atoms with Crippen molar-refractivity contribution < 1.29 is 14.4 Å². The van der Waals surface area contributed by atoms with Crippen LogP contribution in [0.5, 0.6) is 0 Å². The molecule has 0 radical (unpaired) electrons. The Balaban J connectivity index is 2.21. The van der Waals surface area contributed by atoms with Gasteiger partial charge < -0.3 is 15.1 Å². The van der Waals surface area contributed by atoms with Gasteiger partial charge in [-0.15, -0.1) is 11.3 Å². The molecule has 1 saturated heterocycles. The van der Waals surface area contributed by atoms with Crippen molar-refractivity contribution in [2.24, 2.45) is 5.92 Å². The van der Waals surface area contributed by atoms with Crippen molar-refractivity contribution in [3.8, 4) is 0 Å². The van der Waals surface area contributed by atoms with Crippen LogP contribution in [0.1, 0.15) is 22.2 Å². The molecule has 0 saturated carbocycles. The van der Waals surface area contributed by atoms with E-state index in [0.717, 1.165) is 5.56 Å². The topological polar surface area (TPSA) is 69.7 Å². The van der Waals surface area contributed by atoms with Crippen LogP contribution in [-0.2, 0) is 9.59 Å². The van der Waals surface area contributed by atoms with Gasteiger partial charge in [0, 0.05) is 40.2 Å². The normalized spacial score (nSPS) is 18.8. The van der Waals surface area contributed by atoms with Gasteiger partial charge in [0.15, 0.2) is 0 Å². The number of carbonyl (C=O) groups excluding carboxylic acids is 3. The summed E-state index contributed by atoms with van der Waals surface area (Å²) in [7, 11) is 1.57. The average Bonchev–Trinajstić information content (AvgIpc) is 2.79. The Hall–Kier alpha value is -1.89. The number of aryl methyl sites for hydroxylation is 1. The highest BCUT2D eigenvalue weighted by atomic mass is 32.1. The second-order valence-electron chi connectivity index (χ2n) is 5.46. The fourth-order valence-electron chi connectivity index (χ4n) is 2.59. The average molecular weight is 323 g/mol. The summed E-state index contributed by atoms with van der Waals surface area (Å²) in [6.45, 7) is 4.98. The summed E-state index contributed by atoms with van der Waals surface area (Å²) >= 11 is 1.41. The predicted molar refractivity (Wildman–Crippen MR) is 84.8 cm³/mol. The van der Waals surface area contributed by atoms with E-state index in [4.69, 9.17) is 0 Å². The fraction of sp³-hybridized carbons (Fsp3) is 0.533. The van der Waals surface area contributed by atoms with Crippen LogP contribution in [0.2, 0.25) is 0 Å². The minimum atomic E-state index is -0.402. The zero-order valence-corrected chi connectivity index (χ0v) is 13.9.